The second-order valence-corrected chi connectivity index (χ2v) is 6.06. The van der Waals surface area contributed by atoms with Crippen LogP contribution in [-0.2, 0) is 9.53 Å². The van der Waals surface area contributed by atoms with Crippen molar-refractivity contribution in [2.45, 2.75) is 56.3 Å². The fourth-order valence-corrected chi connectivity index (χ4v) is 3.45. The third-order valence-electron chi connectivity index (χ3n) is 4.82. The van der Waals surface area contributed by atoms with Crippen LogP contribution in [0.25, 0.3) is 0 Å². The molecular weight excluding hydrogens is 293 g/mol. The van der Waals surface area contributed by atoms with E-state index in [2.05, 4.69) is 15.3 Å². The maximum Gasteiger partial charge on any atom is 0.252 e. The van der Waals surface area contributed by atoms with E-state index in [4.69, 9.17) is 4.74 Å². The van der Waals surface area contributed by atoms with E-state index >= 15 is 0 Å². The molecular formula is C14H20FN3O4. The minimum Gasteiger partial charge on any atom is -0.393 e. The monoisotopic (exact) mass is 313 g/mol. The summed E-state index contributed by atoms with van der Waals surface area (Å²) in [5, 5.41) is 22.2. The number of aliphatic hydroxyl groups excluding tert-OH is 2. The van der Waals surface area contributed by atoms with Crippen LogP contribution in [0.2, 0.25) is 0 Å². The molecule has 0 radical (unpaired) electrons. The summed E-state index contributed by atoms with van der Waals surface area (Å²) in [5.74, 6) is -0.357. The van der Waals surface area contributed by atoms with Gasteiger partial charge in [0, 0.05) is 12.1 Å². The van der Waals surface area contributed by atoms with Crippen molar-refractivity contribution in [3.63, 3.8) is 0 Å². The Morgan fingerprint density at radius 1 is 1.55 bits per heavy atom. The number of fused-ring (bicyclic) bond motifs is 1. The lowest BCUT2D eigenvalue weighted by Crippen LogP contribution is -2.50. The molecule has 3 unspecified atom stereocenters. The number of ether oxygens (including phenoxy) is 1. The van der Waals surface area contributed by atoms with Crippen molar-refractivity contribution in [3.8, 4) is 0 Å². The van der Waals surface area contributed by atoms with Gasteiger partial charge in [-0.05, 0) is 13.3 Å². The van der Waals surface area contributed by atoms with Crippen LogP contribution >= 0.6 is 0 Å². The van der Waals surface area contributed by atoms with E-state index in [-0.39, 0.29) is 12.3 Å². The first kappa shape index (κ1) is 15.5. The quantitative estimate of drug-likeness (QED) is 0.635. The number of aliphatic imine (C=N–C) groups is 2. The molecule has 0 saturated carbocycles. The molecule has 1 fully saturated rings. The van der Waals surface area contributed by atoms with E-state index in [0.717, 1.165) is 0 Å². The Balaban J connectivity index is 1.88. The first-order chi connectivity index (χ1) is 10.4. The molecule has 7 nitrogen and oxygen atoms in total. The molecule has 3 N–H and O–H groups in total. The number of nitrogens with zero attached hydrogens (tertiary/aromatic N) is 2. The predicted molar refractivity (Wildman–Crippen MR) is 76.7 cm³/mol. The molecule has 7 atom stereocenters. The van der Waals surface area contributed by atoms with Gasteiger partial charge < -0.3 is 20.3 Å². The van der Waals surface area contributed by atoms with E-state index in [9.17, 15) is 19.4 Å². The summed E-state index contributed by atoms with van der Waals surface area (Å²) in [6, 6.07) is -1.22. The number of hydrogen-bond acceptors (Lipinski definition) is 6. The largest absolute Gasteiger partial charge is 0.393 e. The van der Waals surface area contributed by atoms with Gasteiger partial charge >= 0.3 is 0 Å². The van der Waals surface area contributed by atoms with Gasteiger partial charge in [-0.3, -0.25) is 14.8 Å². The first-order valence-electron chi connectivity index (χ1n) is 7.43. The zero-order valence-electron chi connectivity index (χ0n) is 12.4. The minimum absolute atomic E-state index is 0.269. The van der Waals surface area contributed by atoms with Crippen LogP contribution in [0.5, 0.6) is 0 Å². The minimum atomic E-state index is -1.66. The summed E-state index contributed by atoms with van der Waals surface area (Å²) in [6.07, 6.45) is -2.29. The number of amides is 1. The Labute approximate surface area is 127 Å². The number of aliphatic hydroxyl groups is 2. The van der Waals surface area contributed by atoms with Gasteiger partial charge in [0.1, 0.15) is 23.6 Å². The molecule has 0 aromatic heterocycles. The van der Waals surface area contributed by atoms with Gasteiger partial charge in [-0.25, -0.2) is 4.39 Å². The Morgan fingerprint density at radius 3 is 2.86 bits per heavy atom. The molecule has 122 valence electrons. The molecule has 1 saturated heterocycles. The normalized spacial score (nSPS) is 47.3. The Bertz CT molecular complexity index is 534. The molecule has 3 rings (SSSR count). The summed E-state index contributed by atoms with van der Waals surface area (Å²) in [6.45, 7) is 2.91. The van der Waals surface area contributed by atoms with Crippen molar-refractivity contribution < 1.29 is 24.1 Å². The van der Waals surface area contributed by atoms with Crippen molar-refractivity contribution >= 4 is 18.0 Å². The van der Waals surface area contributed by atoms with Gasteiger partial charge in [-0.1, -0.05) is 6.92 Å². The molecule has 3 aliphatic rings. The lowest BCUT2D eigenvalue weighted by molar-refractivity contribution is -0.124. The highest BCUT2D eigenvalue weighted by molar-refractivity contribution is 6.03. The fraction of sp³-hybridized carbons (Fsp3) is 0.786. The predicted octanol–water partition coefficient (Wildman–Crippen LogP) is -0.789. The summed E-state index contributed by atoms with van der Waals surface area (Å²) >= 11 is 0. The van der Waals surface area contributed by atoms with Gasteiger partial charge in [0.15, 0.2) is 12.2 Å². The number of amidine groups is 1. The van der Waals surface area contributed by atoms with E-state index in [1.807, 2.05) is 0 Å². The highest BCUT2D eigenvalue weighted by Crippen LogP contribution is 2.41. The molecule has 8 heteroatoms. The number of halogens is 1. The number of alkyl halides is 1. The molecule has 22 heavy (non-hydrogen) atoms. The Morgan fingerprint density at radius 2 is 2.27 bits per heavy atom. The average molecular weight is 313 g/mol. The average Bonchev–Trinajstić information content (AvgIpc) is 3.01. The number of carbonyl (C=O) groups is 1. The van der Waals surface area contributed by atoms with E-state index in [1.54, 1.807) is 13.8 Å². The lowest BCUT2D eigenvalue weighted by Gasteiger charge is -2.30. The molecule has 0 spiro atoms. The second kappa shape index (κ2) is 5.36. The molecule has 3 heterocycles. The Hall–Kier alpha value is -1.38. The third-order valence-corrected chi connectivity index (χ3v) is 4.82. The van der Waals surface area contributed by atoms with E-state index in [1.165, 1.54) is 6.21 Å². The molecule has 0 aromatic carbocycles. The van der Waals surface area contributed by atoms with Crippen molar-refractivity contribution in [2.75, 3.05) is 6.61 Å². The lowest BCUT2D eigenvalue weighted by atomic mass is 9.87. The second-order valence-electron chi connectivity index (χ2n) is 6.06. The van der Waals surface area contributed by atoms with Crippen LogP contribution in [0, 0.1) is 5.92 Å². The van der Waals surface area contributed by atoms with Gasteiger partial charge in [-0.2, -0.15) is 0 Å². The summed E-state index contributed by atoms with van der Waals surface area (Å²) in [4.78, 5) is 20.4. The number of carbonyl (C=O) groups excluding carboxylic acids is 1. The van der Waals surface area contributed by atoms with Crippen LogP contribution in [-0.4, -0.2) is 70.8 Å². The summed E-state index contributed by atoms with van der Waals surface area (Å²) in [5.41, 5.74) is -1.31. The van der Waals surface area contributed by atoms with Crippen molar-refractivity contribution in [2.24, 2.45) is 15.9 Å². The van der Waals surface area contributed by atoms with Crippen LogP contribution in [0.4, 0.5) is 4.39 Å². The molecule has 3 aliphatic heterocycles. The van der Waals surface area contributed by atoms with Crippen molar-refractivity contribution in [1.29, 1.82) is 0 Å². The standard InChI is InChI=1S/C14H20FN3O4/c1-3-14(5-19)12(20)8(15)11(22-14)7-4-16-10-9(7)17-6(2)18-13(10)21/h4,7-12,19-20H,3,5H2,1-2H3,(H,17,18,21)/t7?,8-,9?,10?,11-,12-,14+/m0/s1. The maximum absolute atomic E-state index is 14.6. The smallest absolute Gasteiger partial charge is 0.252 e. The molecule has 1 amide bonds. The fourth-order valence-electron chi connectivity index (χ4n) is 3.45. The van der Waals surface area contributed by atoms with Crippen molar-refractivity contribution in [1.82, 2.24) is 5.32 Å². The topological polar surface area (TPSA) is 104 Å². The van der Waals surface area contributed by atoms with Gasteiger partial charge in [0.25, 0.3) is 5.91 Å². The SMILES string of the molecule is CC[C@]1(CO)O[C@@H](C2C=NC3C(=O)NC(C)=NC32)[C@H](F)[C@@H]1O. The van der Waals surface area contributed by atoms with Crippen LogP contribution in [0.1, 0.15) is 20.3 Å². The van der Waals surface area contributed by atoms with Gasteiger partial charge in [-0.15, -0.1) is 0 Å². The highest BCUT2D eigenvalue weighted by atomic mass is 19.1. The van der Waals surface area contributed by atoms with Crippen LogP contribution < -0.4 is 5.32 Å². The van der Waals surface area contributed by atoms with E-state index in [0.29, 0.717) is 5.84 Å². The summed E-state index contributed by atoms with van der Waals surface area (Å²) in [7, 11) is 0. The number of rotatable bonds is 3. The maximum atomic E-state index is 14.6. The number of hydrogen-bond donors (Lipinski definition) is 3. The molecule has 0 aromatic rings. The molecule has 0 bridgehead atoms. The molecule has 0 aliphatic carbocycles. The van der Waals surface area contributed by atoms with Crippen LogP contribution in [0.15, 0.2) is 9.98 Å². The Kier molecular flexibility index (Phi) is 3.78. The number of nitrogens with one attached hydrogen (secondary N) is 1. The first-order valence-corrected chi connectivity index (χ1v) is 7.43. The third kappa shape index (κ3) is 2.09. The van der Waals surface area contributed by atoms with Crippen LogP contribution in [0.3, 0.4) is 0 Å². The van der Waals surface area contributed by atoms with Crippen molar-refractivity contribution in [3.05, 3.63) is 0 Å². The van der Waals surface area contributed by atoms with Gasteiger partial charge in [0.2, 0.25) is 0 Å². The zero-order chi connectivity index (χ0) is 16.1. The van der Waals surface area contributed by atoms with Gasteiger partial charge in [0.05, 0.1) is 12.6 Å². The van der Waals surface area contributed by atoms with E-state index < -0.39 is 48.6 Å². The zero-order valence-corrected chi connectivity index (χ0v) is 12.4. The highest BCUT2D eigenvalue weighted by Gasteiger charge is 2.58. The summed E-state index contributed by atoms with van der Waals surface area (Å²) < 4.78 is 20.3.